The van der Waals surface area contributed by atoms with Gasteiger partial charge >= 0.3 is 6.03 Å². The van der Waals surface area contributed by atoms with Gasteiger partial charge in [-0.1, -0.05) is 30.0 Å². The molecule has 2 fully saturated rings. The molecule has 0 radical (unpaired) electrons. The molecule has 88 valence electrons. The molecule has 1 saturated carbocycles. The SMILES string of the molecule is O=C1NC23CC2C=CC2=C3N1c1ccccc1S2. The highest BCUT2D eigenvalue weighted by molar-refractivity contribution is 8.03. The summed E-state index contributed by atoms with van der Waals surface area (Å²) in [4.78, 5) is 16.6. The molecule has 1 saturated heterocycles. The van der Waals surface area contributed by atoms with Crippen LogP contribution in [0.4, 0.5) is 10.5 Å². The van der Waals surface area contributed by atoms with E-state index in [4.69, 9.17) is 0 Å². The van der Waals surface area contributed by atoms with Gasteiger partial charge in [0.15, 0.2) is 0 Å². The fourth-order valence-electron chi connectivity index (χ4n) is 3.31. The number of hydrogen-bond acceptors (Lipinski definition) is 2. The highest BCUT2D eigenvalue weighted by Gasteiger charge is 2.66. The average Bonchev–Trinajstić information content (AvgIpc) is 3.01. The van der Waals surface area contributed by atoms with Crippen LogP contribution in [0.1, 0.15) is 6.42 Å². The molecule has 18 heavy (non-hydrogen) atoms. The van der Waals surface area contributed by atoms with E-state index in [1.54, 1.807) is 11.8 Å². The van der Waals surface area contributed by atoms with Crippen molar-refractivity contribution in [3.8, 4) is 0 Å². The summed E-state index contributed by atoms with van der Waals surface area (Å²) in [5.41, 5.74) is 2.13. The number of carbonyl (C=O) groups excluding carboxylic acids is 1. The molecule has 4 aliphatic rings. The Bertz CT molecular complexity index is 678. The number of thioether (sulfide) groups is 1. The van der Waals surface area contributed by atoms with Gasteiger partial charge in [0.1, 0.15) is 0 Å². The molecule has 1 aromatic rings. The molecule has 0 aromatic heterocycles. The highest BCUT2D eigenvalue weighted by atomic mass is 32.2. The Labute approximate surface area is 109 Å². The summed E-state index contributed by atoms with van der Waals surface area (Å²) in [5, 5.41) is 3.18. The van der Waals surface area contributed by atoms with Crippen molar-refractivity contribution in [1.82, 2.24) is 5.32 Å². The highest BCUT2D eigenvalue weighted by Crippen LogP contribution is 2.62. The van der Waals surface area contributed by atoms with Gasteiger partial charge in [-0.15, -0.1) is 0 Å². The zero-order chi connectivity index (χ0) is 11.9. The van der Waals surface area contributed by atoms with Crippen molar-refractivity contribution in [2.24, 2.45) is 5.92 Å². The Balaban J connectivity index is 1.82. The largest absolute Gasteiger partial charge is 0.327 e. The quantitative estimate of drug-likeness (QED) is 0.772. The monoisotopic (exact) mass is 254 g/mol. The smallest absolute Gasteiger partial charge is 0.326 e. The number of urea groups is 1. The van der Waals surface area contributed by atoms with Gasteiger partial charge in [0.05, 0.1) is 16.9 Å². The summed E-state index contributed by atoms with van der Waals surface area (Å²) in [6, 6.07) is 8.15. The number of hydrogen-bond donors (Lipinski definition) is 1. The van der Waals surface area contributed by atoms with Crippen molar-refractivity contribution in [3.05, 3.63) is 47.0 Å². The molecular formula is C14H10N2OS. The van der Waals surface area contributed by atoms with E-state index in [2.05, 4.69) is 23.5 Å². The Hall–Kier alpha value is -1.68. The molecule has 2 unspecified atom stereocenters. The minimum Gasteiger partial charge on any atom is -0.326 e. The van der Waals surface area contributed by atoms with Crippen LogP contribution in [0.2, 0.25) is 0 Å². The van der Waals surface area contributed by atoms with Crippen molar-refractivity contribution in [2.45, 2.75) is 16.9 Å². The normalized spacial score (nSPS) is 33.9. The maximum atomic E-state index is 12.3. The van der Waals surface area contributed by atoms with Crippen LogP contribution in [0.25, 0.3) is 0 Å². The summed E-state index contributed by atoms with van der Waals surface area (Å²) < 4.78 is 0. The summed E-state index contributed by atoms with van der Waals surface area (Å²) >= 11 is 1.77. The van der Waals surface area contributed by atoms with Gasteiger partial charge < -0.3 is 5.32 Å². The second-order valence-corrected chi connectivity index (χ2v) is 6.27. The number of allylic oxidation sites excluding steroid dienone is 1. The Kier molecular flexibility index (Phi) is 1.37. The second kappa shape index (κ2) is 2.67. The molecule has 4 heteroatoms. The van der Waals surface area contributed by atoms with Crippen LogP contribution in [0.3, 0.4) is 0 Å². The van der Waals surface area contributed by atoms with E-state index in [0.717, 1.165) is 17.0 Å². The third-order valence-corrected chi connectivity index (χ3v) is 5.35. The minimum absolute atomic E-state index is 0.0291. The number of para-hydroxylation sites is 1. The van der Waals surface area contributed by atoms with E-state index in [0.29, 0.717) is 5.92 Å². The molecule has 2 aliphatic heterocycles. The van der Waals surface area contributed by atoms with Crippen LogP contribution < -0.4 is 10.2 Å². The lowest BCUT2D eigenvalue weighted by Gasteiger charge is -2.29. The molecular weight excluding hydrogens is 244 g/mol. The Morgan fingerprint density at radius 1 is 1.39 bits per heavy atom. The number of anilines is 1. The number of carbonyl (C=O) groups is 1. The number of benzene rings is 1. The lowest BCUT2D eigenvalue weighted by atomic mass is 10.0. The van der Waals surface area contributed by atoms with Crippen molar-refractivity contribution in [3.63, 3.8) is 0 Å². The van der Waals surface area contributed by atoms with Crippen LogP contribution in [-0.4, -0.2) is 11.6 Å². The van der Waals surface area contributed by atoms with Crippen molar-refractivity contribution in [1.29, 1.82) is 0 Å². The fourth-order valence-corrected chi connectivity index (χ4v) is 4.48. The second-order valence-electron chi connectivity index (χ2n) is 5.19. The van der Waals surface area contributed by atoms with E-state index >= 15 is 0 Å². The van der Waals surface area contributed by atoms with Gasteiger partial charge in [-0.05, 0) is 24.6 Å². The molecule has 2 aliphatic carbocycles. The van der Waals surface area contributed by atoms with Crippen LogP contribution in [0, 0.1) is 5.92 Å². The van der Waals surface area contributed by atoms with E-state index < -0.39 is 0 Å². The first-order valence-corrected chi connectivity index (χ1v) is 6.93. The van der Waals surface area contributed by atoms with Crippen LogP contribution >= 0.6 is 11.8 Å². The molecule has 1 aromatic carbocycles. The number of amides is 2. The van der Waals surface area contributed by atoms with Crippen LogP contribution in [0.5, 0.6) is 0 Å². The first kappa shape index (κ1) is 9.28. The maximum absolute atomic E-state index is 12.3. The van der Waals surface area contributed by atoms with Crippen molar-refractivity contribution in [2.75, 3.05) is 4.90 Å². The Morgan fingerprint density at radius 2 is 2.28 bits per heavy atom. The summed E-state index contributed by atoms with van der Waals surface area (Å²) in [5.74, 6) is 0.496. The number of fused-ring (bicyclic) bond motifs is 2. The molecule has 1 spiro atoms. The maximum Gasteiger partial charge on any atom is 0.327 e. The first-order valence-electron chi connectivity index (χ1n) is 6.12. The van der Waals surface area contributed by atoms with Crippen LogP contribution in [0.15, 0.2) is 51.9 Å². The van der Waals surface area contributed by atoms with E-state index in [1.165, 1.54) is 10.6 Å². The molecule has 0 bridgehead atoms. The predicted octanol–water partition coefficient (Wildman–Crippen LogP) is 2.86. The van der Waals surface area contributed by atoms with Gasteiger partial charge in [-0.25, -0.2) is 4.79 Å². The van der Waals surface area contributed by atoms with Crippen LogP contribution in [-0.2, 0) is 0 Å². The number of nitrogens with one attached hydrogen (secondary N) is 1. The van der Waals surface area contributed by atoms with Gasteiger partial charge in [0, 0.05) is 15.7 Å². The average molecular weight is 254 g/mol. The minimum atomic E-state index is -0.0816. The third kappa shape index (κ3) is 0.861. The summed E-state index contributed by atoms with van der Waals surface area (Å²) in [7, 11) is 0. The third-order valence-electron chi connectivity index (χ3n) is 4.23. The molecule has 2 atom stereocenters. The fraction of sp³-hybridized carbons (Fsp3) is 0.214. The number of nitrogens with zero attached hydrogens (tertiary/aromatic N) is 1. The van der Waals surface area contributed by atoms with Crippen molar-refractivity contribution < 1.29 is 4.79 Å². The Morgan fingerprint density at radius 3 is 3.22 bits per heavy atom. The molecule has 2 heterocycles. The molecule has 1 N–H and O–H groups in total. The lowest BCUT2D eigenvalue weighted by molar-refractivity contribution is 0.250. The topological polar surface area (TPSA) is 32.3 Å². The van der Waals surface area contributed by atoms with Gasteiger partial charge in [0.2, 0.25) is 0 Å². The van der Waals surface area contributed by atoms with Crippen molar-refractivity contribution >= 4 is 23.5 Å². The summed E-state index contributed by atoms with van der Waals surface area (Å²) in [6.45, 7) is 0. The first-order chi connectivity index (χ1) is 8.79. The molecule has 3 nitrogen and oxygen atoms in total. The van der Waals surface area contributed by atoms with Gasteiger partial charge in [-0.2, -0.15) is 0 Å². The van der Waals surface area contributed by atoms with E-state index in [9.17, 15) is 4.79 Å². The number of rotatable bonds is 0. The van der Waals surface area contributed by atoms with E-state index in [1.807, 2.05) is 23.1 Å². The zero-order valence-corrected chi connectivity index (χ0v) is 10.3. The summed E-state index contributed by atoms with van der Waals surface area (Å²) in [6.07, 6.45) is 5.47. The van der Waals surface area contributed by atoms with Gasteiger partial charge in [-0.3, -0.25) is 4.90 Å². The molecule has 2 amide bonds. The lowest BCUT2D eigenvalue weighted by Crippen LogP contribution is -2.30. The van der Waals surface area contributed by atoms with Gasteiger partial charge in [0.25, 0.3) is 0 Å². The van der Waals surface area contributed by atoms with E-state index in [-0.39, 0.29) is 11.6 Å². The standard InChI is InChI=1S/C14H10N2OS/c17-13-15-14-7-8(14)5-6-11-12(14)16(13)9-3-1-2-4-10(9)18-11/h1-6,8H,7H2,(H,15,17). The zero-order valence-electron chi connectivity index (χ0n) is 9.51. The molecule has 5 rings (SSSR count). The predicted molar refractivity (Wildman–Crippen MR) is 70.3 cm³/mol.